The van der Waals surface area contributed by atoms with Crippen molar-refractivity contribution in [3.8, 4) is 0 Å². The molecule has 0 aliphatic heterocycles. The van der Waals surface area contributed by atoms with Crippen LogP contribution in [0.3, 0.4) is 0 Å². The molecule has 0 aromatic carbocycles. The van der Waals surface area contributed by atoms with Crippen molar-refractivity contribution >= 4 is 11.8 Å². The lowest BCUT2D eigenvalue weighted by atomic mass is 9.91. The molecule has 1 aliphatic rings. The lowest BCUT2D eigenvalue weighted by Crippen LogP contribution is -2.50. The first-order valence-corrected chi connectivity index (χ1v) is 6.04. The molecular weight excluding hydrogens is 222 g/mol. The van der Waals surface area contributed by atoms with Crippen LogP contribution in [-0.4, -0.2) is 47.6 Å². The zero-order valence-corrected chi connectivity index (χ0v) is 10.2. The molecule has 0 spiro atoms. The van der Waals surface area contributed by atoms with Crippen molar-refractivity contribution in [3.05, 3.63) is 0 Å². The van der Waals surface area contributed by atoms with Gasteiger partial charge >= 0.3 is 0 Å². The second-order valence-electron chi connectivity index (χ2n) is 4.36. The Morgan fingerprint density at radius 1 is 1.35 bits per heavy atom. The molecule has 0 aromatic rings. The molecule has 0 aromatic heterocycles. The number of aliphatic hydroxyl groups excluding tert-OH is 1. The van der Waals surface area contributed by atoms with Crippen LogP contribution >= 0.6 is 0 Å². The predicted molar refractivity (Wildman–Crippen MR) is 62.9 cm³/mol. The summed E-state index contributed by atoms with van der Waals surface area (Å²) >= 11 is 0. The Bertz CT molecular complexity index is 267. The van der Waals surface area contributed by atoms with Crippen molar-refractivity contribution in [2.45, 2.75) is 38.6 Å². The SMILES string of the molecule is CC(=O)NNC(=O)CN(CCCO)C1CCC1. The molecule has 17 heavy (non-hydrogen) atoms. The molecule has 1 fully saturated rings. The second-order valence-corrected chi connectivity index (χ2v) is 4.36. The van der Waals surface area contributed by atoms with Crippen molar-refractivity contribution in [2.75, 3.05) is 19.7 Å². The molecule has 0 bridgehead atoms. The minimum Gasteiger partial charge on any atom is -0.396 e. The summed E-state index contributed by atoms with van der Waals surface area (Å²) in [7, 11) is 0. The number of hydrogen-bond acceptors (Lipinski definition) is 4. The van der Waals surface area contributed by atoms with Gasteiger partial charge in [0, 0.05) is 26.1 Å². The summed E-state index contributed by atoms with van der Waals surface area (Å²) in [5, 5.41) is 8.81. The van der Waals surface area contributed by atoms with Gasteiger partial charge in [-0.25, -0.2) is 0 Å². The molecule has 0 heterocycles. The van der Waals surface area contributed by atoms with E-state index >= 15 is 0 Å². The van der Waals surface area contributed by atoms with Crippen LogP contribution in [0.2, 0.25) is 0 Å². The Morgan fingerprint density at radius 3 is 2.53 bits per heavy atom. The fourth-order valence-corrected chi connectivity index (χ4v) is 1.80. The molecule has 0 saturated heterocycles. The minimum absolute atomic E-state index is 0.135. The van der Waals surface area contributed by atoms with Gasteiger partial charge in [0.2, 0.25) is 5.91 Å². The molecule has 0 radical (unpaired) electrons. The third-order valence-electron chi connectivity index (χ3n) is 2.92. The Hall–Kier alpha value is -1.14. The van der Waals surface area contributed by atoms with Crippen LogP contribution < -0.4 is 10.9 Å². The van der Waals surface area contributed by atoms with Gasteiger partial charge in [-0.3, -0.25) is 25.3 Å². The summed E-state index contributed by atoms with van der Waals surface area (Å²) in [6.07, 6.45) is 4.09. The molecule has 98 valence electrons. The van der Waals surface area contributed by atoms with Gasteiger partial charge in [0.1, 0.15) is 0 Å². The molecule has 1 saturated carbocycles. The number of carbonyl (C=O) groups is 2. The summed E-state index contributed by atoms with van der Waals surface area (Å²) in [5.41, 5.74) is 4.62. The van der Waals surface area contributed by atoms with Gasteiger partial charge in [-0.1, -0.05) is 6.42 Å². The van der Waals surface area contributed by atoms with Crippen molar-refractivity contribution in [2.24, 2.45) is 0 Å². The largest absolute Gasteiger partial charge is 0.396 e. The molecule has 0 unspecified atom stereocenters. The first-order chi connectivity index (χ1) is 8.13. The Labute approximate surface area is 101 Å². The van der Waals surface area contributed by atoms with Crippen LogP contribution in [0.1, 0.15) is 32.6 Å². The van der Waals surface area contributed by atoms with Gasteiger partial charge in [0.05, 0.1) is 6.54 Å². The maximum absolute atomic E-state index is 11.5. The number of hydrazine groups is 1. The number of aliphatic hydroxyl groups is 1. The third-order valence-corrected chi connectivity index (χ3v) is 2.92. The zero-order valence-electron chi connectivity index (χ0n) is 10.2. The molecule has 0 atom stereocenters. The van der Waals surface area contributed by atoms with Crippen molar-refractivity contribution in [1.82, 2.24) is 15.8 Å². The lowest BCUT2D eigenvalue weighted by molar-refractivity contribution is -0.129. The third kappa shape index (κ3) is 5.14. The number of amides is 2. The summed E-state index contributed by atoms with van der Waals surface area (Å²) < 4.78 is 0. The van der Waals surface area contributed by atoms with E-state index in [4.69, 9.17) is 5.11 Å². The van der Waals surface area contributed by atoms with Crippen LogP contribution in [0, 0.1) is 0 Å². The van der Waals surface area contributed by atoms with Crippen LogP contribution in [0.25, 0.3) is 0 Å². The van der Waals surface area contributed by atoms with Crippen LogP contribution in [0.5, 0.6) is 0 Å². The molecule has 6 heteroatoms. The Balaban J connectivity index is 2.30. The van der Waals surface area contributed by atoms with E-state index in [2.05, 4.69) is 15.8 Å². The molecule has 2 amide bonds. The van der Waals surface area contributed by atoms with E-state index in [1.54, 1.807) is 0 Å². The van der Waals surface area contributed by atoms with Crippen LogP contribution in [0.15, 0.2) is 0 Å². The van der Waals surface area contributed by atoms with Crippen molar-refractivity contribution in [1.29, 1.82) is 0 Å². The highest BCUT2D eigenvalue weighted by Gasteiger charge is 2.25. The molecule has 6 nitrogen and oxygen atoms in total. The van der Waals surface area contributed by atoms with E-state index in [1.807, 2.05) is 0 Å². The number of rotatable bonds is 6. The predicted octanol–water partition coefficient (Wildman–Crippen LogP) is -0.609. The summed E-state index contributed by atoms with van der Waals surface area (Å²) in [6, 6.07) is 0.449. The monoisotopic (exact) mass is 243 g/mol. The van der Waals surface area contributed by atoms with E-state index in [-0.39, 0.29) is 25.0 Å². The zero-order chi connectivity index (χ0) is 12.7. The second kappa shape index (κ2) is 7.24. The van der Waals surface area contributed by atoms with Crippen molar-refractivity contribution in [3.63, 3.8) is 0 Å². The highest BCUT2D eigenvalue weighted by atomic mass is 16.3. The Morgan fingerprint density at radius 2 is 2.06 bits per heavy atom. The van der Waals surface area contributed by atoms with E-state index in [0.29, 0.717) is 19.0 Å². The average molecular weight is 243 g/mol. The van der Waals surface area contributed by atoms with E-state index in [0.717, 1.165) is 12.8 Å². The smallest absolute Gasteiger partial charge is 0.252 e. The molecular formula is C11H21N3O3. The van der Waals surface area contributed by atoms with E-state index in [9.17, 15) is 9.59 Å². The molecule has 1 aliphatic carbocycles. The van der Waals surface area contributed by atoms with Crippen molar-refractivity contribution < 1.29 is 14.7 Å². The topological polar surface area (TPSA) is 81.7 Å². The normalized spacial score (nSPS) is 15.5. The quantitative estimate of drug-likeness (QED) is 0.544. The highest BCUT2D eigenvalue weighted by molar-refractivity contribution is 5.81. The highest BCUT2D eigenvalue weighted by Crippen LogP contribution is 2.24. The summed E-state index contributed by atoms with van der Waals surface area (Å²) in [6.45, 7) is 2.46. The van der Waals surface area contributed by atoms with Crippen LogP contribution in [0.4, 0.5) is 0 Å². The van der Waals surface area contributed by atoms with Crippen LogP contribution in [-0.2, 0) is 9.59 Å². The van der Waals surface area contributed by atoms with Gasteiger partial charge in [0.25, 0.3) is 5.91 Å². The minimum atomic E-state index is -0.288. The molecule has 3 N–H and O–H groups in total. The van der Waals surface area contributed by atoms with E-state index in [1.165, 1.54) is 13.3 Å². The van der Waals surface area contributed by atoms with Gasteiger partial charge in [-0.2, -0.15) is 0 Å². The Kier molecular flexibility index (Phi) is 5.93. The first kappa shape index (κ1) is 13.9. The maximum atomic E-state index is 11.5. The standard InChI is InChI=1S/C11H21N3O3/c1-9(16)12-13-11(17)8-14(6-3-7-15)10-4-2-5-10/h10,15H,2-8H2,1H3,(H,12,16)(H,13,17). The fourth-order valence-electron chi connectivity index (χ4n) is 1.80. The van der Waals surface area contributed by atoms with Gasteiger partial charge in [0.15, 0.2) is 0 Å². The summed E-state index contributed by atoms with van der Waals surface area (Å²) in [4.78, 5) is 24.2. The number of nitrogens with zero attached hydrogens (tertiary/aromatic N) is 1. The first-order valence-electron chi connectivity index (χ1n) is 6.04. The summed E-state index contributed by atoms with van der Waals surface area (Å²) in [5.74, 6) is -0.506. The van der Waals surface area contributed by atoms with Gasteiger partial charge < -0.3 is 5.11 Å². The number of carbonyl (C=O) groups excluding carboxylic acids is 2. The number of nitrogens with one attached hydrogen (secondary N) is 2. The lowest BCUT2D eigenvalue weighted by Gasteiger charge is -2.37. The van der Waals surface area contributed by atoms with Gasteiger partial charge in [-0.05, 0) is 19.3 Å². The number of hydrogen-bond donors (Lipinski definition) is 3. The average Bonchev–Trinajstić information content (AvgIpc) is 2.20. The van der Waals surface area contributed by atoms with Gasteiger partial charge in [-0.15, -0.1) is 0 Å². The van der Waals surface area contributed by atoms with E-state index < -0.39 is 0 Å². The maximum Gasteiger partial charge on any atom is 0.252 e. The molecule has 1 rings (SSSR count). The fraction of sp³-hybridized carbons (Fsp3) is 0.818.